The number of carbonyl (C=O) groups excluding carboxylic acids is 1. The summed E-state index contributed by atoms with van der Waals surface area (Å²) in [5.74, 6) is 0.716. The Labute approximate surface area is 179 Å². The molecule has 4 rings (SSSR count). The van der Waals surface area contributed by atoms with Crippen LogP contribution in [-0.4, -0.2) is 20.4 Å². The van der Waals surface area contributed by atoms with Gasteiger partial charge >= 0.3 is 0 Å². The minimum absolute atomic E-state index is 0.00248. The smallest absolute Gasteiger partial charge is 0.271 e. The molecule has 1 amide bonds. The average Bonchev–Trinajstić information content (AvgIpc) is 3.36. The Morgan fingerprint density at radius 3 is 2.73 bits per heavy atom. The van der Waals surface area contributed by atoms with Crippen LogP contribution in [0.2, 0.25) is 0 Å². The lowest BCUT2D eigenvalue weighted by Crippen LogP contribution is -2.32. The lowest BCUT2D eigenvalue weighted by atomic mass is 10.2. The number of hydrogen-bond acceptors (Lipinski definition) is 4. The van der Waals surface area contributed by atoms with Crippen molar-refractivity contribution in [3.05, 3.63) is 96.0 Å². The molecule has 6 heteroatoms. The van der Waals surface area contributed by atoms with Crippen LogP contribution in [0.4, 0.5) is 0 Å². The molecule has 0 atom stereocenters. The third-order valence-electron chi connectivity index (χ3n) is 4.94. The molecular weight excluding hydrogens is 394 g/mol. The van der Waals surface area contributed by atoms with E-state index >= 15 is 0 Å². The molecule has 0 N–H and O–H groups in total. The summed E-state index contributed by atoms with van der Waals surface area (Å²) in [6.45, 7) is 7.30. The van der Waals surface area contributed by atoms with Crippen molar-refractivity contribution in [2.75, 3.05) is 0 Å². The van der Waals surface area contributed by atoms with Gasteiger partial charge in [0.05, 0.1) is 28.7 Å². The Kier molecular flexibility index (Phi) is 5.95. The first-order valence-corrected chi connectivity index (χ1v) is 10.7. The van der Waals surface area contributed by atoms with E-state index in [1.165, 1.54) is 6.26 Å². The summed E-state index contributed by atoms with van der Waals surface area (Å²) in [6.07, 6.45) is 3.15. The zero-order valence-corrected chi connectivity index (χ0v) is 17.6. The minimum atomic E-state index is -0.00248. The zero-order chi connectivity index (χ0) is 20.9. The quantitative estimate of drug-likeness (QED) is 0.357. The molecule has 4 aromatic rings. The number of ether oxygens (including phenoxy) is 1. The summed E-state index contributed by atoms with van der Waals surface area (Å²) in [7, 11) is 0. The Morgan fingerprint density at radius 1 is 1.20 bits per heavy atom. The highest BCUT2D eigenvalue weighted by molar-refractivity contribution is 7.17. The number of thiophene rings is 1. The molecule has 0 bridgehead atoms. The molecule has 0 aliphatic carbocycles. The van der Waals surface area contributed by atoms with Gasteiger partial charge in [0.15, 0.2) is 0 Å². The second-order valence-corrected chi connectivity index (χ2v) is 7.80. The molecule has 0 fully saturated rings. The van der Waals surface area contributed by atoms with Crippen LogP contribution in [0.5, 0.6) is 5.75 Å². The van der Waals surface area contributed by atoms with Gasteiger partial charge in [-0.05, 0) is 54.3 Å². The van der Waals surface area contributed by atoms with Crippen LogP contribution in [0.15, 0.2) is 79.0 Å². The van der Waals surface area contributed by atoms with E-state index in [9.17, 15) is 4.79 Å². The van der Waals surface area contributed by atoms with Crippen LogP contribution in [0.3, 0.4) is 0 Å². The van der Waals surface area contributed by atoms with E-state index < -0.39 is 0 Å². The molecule has 0 aliphatic rings. The molecule has 1 aromatic carbocycles. The summed E-state index contributed by atoms with van der Waals surface area (Å²) >= 11 is 1.66. The number of aryl methyl sites for hydroxylation is 1. The predicted molar refractivity (Wildman–Crippen MR) is 121 cm³/mol. The van der Waals surface area contributed by atoms with Crippen molar-refractivity contribution >= 4 is 27.5 Å². The SMILES string of the molecule is C=COc1ccc(CN(Cc2ccccn2)C(=O)c2cc3sccc3n2CC)cc1. The topological polar surface area (TPSA) is 47.4 Å². The summed E-state index contributed by atoms with van der Waals surface area (Å²) in [4.78, 5) is 19.9. The third-order valence-corrected chi connectivity index (χ3v) is 5.79. The molecular formula is C24H23N3O2S. The highest BCUT2D eigenvalue weighted by Gasteiger charge is 2.22. The molecule has 3 aromatic heterocycles. The summed E-state index contributed by atoms with van der Waals surface area (Å²) < 4.78 is 8.52. The molecule has 5 nitrogen and oxygen atoms in total. The van der Waals surface area contributed by atoms with Crippen LogP contribution in [0.1, 0.15) is 28.7 Å². The number of pyridine rings is 1. The van der Waals surface area contributed by atoms with Gasteiger partial charge in [-0.2, -0.15) is 0 Å². The maximum Gasteiger partial charge on any atom is 0.271 e. The first kappa shape index (κ1) is 19.9. The van der Waals surface area contributed by atoms with Gasteiger partial charge in [0.1, 0.15) is 11.4 Å². The molecule has 152 valence electrons. The van der Waals surface area contributed by atoms with Gasteiger partial charge in [0.2, 0.25) is 0 Å². The van der Waals surface area contributed by atoms with Crippen molar-refractivity contribution < 1.29 is 9.53 Å². The maximum absolute atomic E-state index is 13.6. The average molecular weight is 418 g/mol. The van der Waals surface area contributed by atoms with Gasteiger partial charge in [-0.15, -0.1) is 11.3 Å². The number of nitrogens with zero attached hydrogens (tertiary/aromatic N) is 3. The molecule has 0 saturated heterocycles. The standard InChI is InChI=1S/C24H23N3O2S/c1-3-27-21-12-14-30-23(21)15-22(27)24(28)26(17-19-7-5-6-13-25-19)16-18-8-10-20(11-9-18)29-4-2/h4-15H,2-3,16-17H2,1H3. The Bertz CT molecular complexity index is 1150. The van der Waals surface area contributed by atoms with Crippen molar-refractivity contribution in [2.45, 2.75) is 26.6 Å². The molecule has 0 radical (unpaired) electrons. The van der Waals surface area contributed by atoms with Crippen molar-refractivity contribution in [3.63, 3.8) is 0 Å². The molecule has 0 spiro atoms. The fraction of sp³-hybridized carbons (Fsp3) is 0.167. The van der Waals surface area contributed by atoms with Crippen molar-refractivity contribution in [1.82, 2.24) is 14.5 Å². The van der Waals surface area contributed by atoms with Gasteiger partial charge in [-0.1, -0.05) is 24.8 Å². The number of rotatable bonds is 8. The van der Waals surface area contributed by atoms with E-state index in [1.54, 1.807) is 17.5 Å². The molecule has 0 unspecified atom stereocenters. The molecule has 3 heterocycles. The largest absolute Gasteiger partial charge is 0.466 e. The summed E-state index contributed by atoms with van der Waals surface area (Å²) in [5.41, 5.74) is 3.69. The number of aromatic nitrogens is 2. The van der Waals surface area contributed by atoms with Crippen LogP contribution >= 0.6 is 11.3 Å². The lowest BCUT2D eigenvalue weighted by molar-refractivity contribution is 0.0717. The second kappa shape index (κ2) is 8.97. The van der Waals surface area contributed by atoms with Crippen molar-refractivity contribution in [1.29, 1.82) is 0 Å². The van der Waals surface area contributed by atoms with Gasteiger partial charge in [-0.25, -0.2) is 0 Å². The minimum Gasteiger partial charge on any atom is -0.466 e. The number of fused-ring (bicyclic) bond motifs is 1. The van der Waals surface area contributed by atoms with Crippen LogP contribution in [0, 0.1) is 0 Å². The van der Waals surface area contributed by atoms with Crippen molar-refractivity contribution in [3.8, 4) is 5.75 Å². The Morgan fingerprint density at radius 2 is 2.03 bits per heavy atom. The monoisotopic (exact) mass is 417 g/mol. The second-order valence-electron chi connectivity index (χ2n) is 6.85. The van der Waals surface area contributed by atoms with Gasteiger partial charge in [-0.3, -0.25) is 9.78 Å². The van der Waals surface area contributed by atoms with Crippen LogP contribution in [-0.2, 0) is 19.6 Å². The van der Waals surface area contributed by atoms with E-state index in [0.29, 0.717) is 18.8 Å². The zero-order valence-electron chi connectivity index (χ0n) is 16.8. The number of benzene rings is 1. The number of carbonyl (C=O) groups is 1. The molecule has 30 heavy (non-hydrogen) atoms. The lowest BCUT2D eigenvalue weighted by Gasteiger charge is -2.23. The first-order chi connectivity index (χ1) is 14.7. The van der Waals surface area contributed by atoms with Crippen LogP contribution in [0.25, 0.3) is 10.2 Å². The van der Waals surface area contributed by atoms with Gasteiger partial charge < -0.3 is 14.2 Å². The van der Waals surface area contributed by atoms with Crippen LogP contribution < -0.4 is 4.74 Å². The fourth-order valence-electron chi connectivity index (χ4n) is 3.53. The highest BCUT2D eigenvalue weighted by Crippen LogP contribution is 2.27. The number of hydrogen-bond donors (Lipinski definition) is 0. The Hall–Kier alpha value is -3.38. The summed E-state index contributed by atoms with van der Waals surface area (Å²) in [6, 6.07) is 17.5. The predicted octanol–water partition coefficient (Wildman–Crippen LogP) is 5.48. The third kappa shape index (κ3) is 4.14. The van der Waals surface area contributed by atoms with E-state index in [0.717, 1.165) is 33.8 Å². The van der Waals surface area contributed by atoms with E-state index in [-0.39, 0.29) is 5.91 Å². The van der Waals surface area contributed by atoms with Crippen molar-refractivity contribution in [2.24, 2.45) is 0 Å². The summed E-state index contributed by atoms with van der Waals surface area (Å²) in [5, 5.41) is 2.06. The molecule has 0 saturated carbocycles. The Balaban J connectivity index is 1.65. The normalized spacial score (nSPS) is 10.8. The van der Waals surface area contributed by atoms with Gasteiger partial charge in [0, 0.05) is 19.3 Å². The van der Waals surface area contributed by atoms with Gasteiger partial charge in [0.25, 0.3) is 5.91 Å². The number of amides is 1. The molecule has 0 aliphatic heterocycles. The first-order valence-electron chi connectivity index (χ1n) is 9.82. The van der Waals surface area contributed by atoms with E-state index in [1.807, 2.05) is 53.4 Å². The highest BCUT2D eigenvalue weighted by atomic mass is 32.1. The van der Waals surface area contributed by atoms with E-state index in [4.69, 9.17) is 4.74 Å². The van der Waals surface area contributed by atoms with E-state index in [2.05, 4.69) is 34.5 Å². The fourth-order valence-corrected chi connectivity index (χ4v) is 4.36. The maximum atomic E-state index is 13.6.